The number of fused-ring (bicyclic) bond motifs is 1. The van der Waals surface area contributed by atoms with Crippen LogP contribution >= 0.6 is 0 Å². The molecule has 0 spiro atoms. The molecule has 0 amide bonds. The van der Waals surface area contributed by atoms with E-state index in [1.807, 2.05) is 12.1 Å². The van der Waals surface area contributed by atoms with Crippen LogP contribution in [0.4, 0.5) is 0 Å². The fraction of sp³-hybridized carbons (Fsp3) is 0.600. The van der Waals surface area contributed by atoms with Crippen LogP contribution in [0.2, 0.25) is 0 Å². The van der Waals surface area contributed by atoms with Crippen molar-refractivity contribution in [3.05, 3.63) is 29.3 Å². The van der Waals surface area contributed by atoms with E-state index >= 15 is 0 Å². The molecule has 2 unspecified atom stereocenters. The second-order valence-electron chi connectivity index (χ2n) is 6.59. The summed E-state index contributed by atoms with van der Waals surface area (Å²) in [5.74, 6) is 1.44. The molecule has 1 fully saturated rings. The Hall–Kier alpha value is -1.07. The first-order chi connectivity index (χ1) is 9.26. The van der Waals surface area contributed by atoms with Crippen LogP contribution in [0.15, 0.2) is 18.2 Å². The average molecular weight is 295 g/mol. The topological polar surface area (TPSA) is 69.4 Å². The van der Waals surface area contributed by atoms with Gasteiger partial charge in [-0.2, -0.15) is 0 Å². The molecule has 2 N–H and O–H groups in total. The third kappa shape index (κ3) is 2.56. The van der Waals surface area contributed by atoms with Gasteiger partial charge in [0.05, 0.1) is 11.5 Å². The lowest BCUT2D eigenvalue weighted by atomic mass is 9.91. The zero-order valence-electron chi connectivity index (χ0n) is 11.9. The number of hydrogen-bond donors (Lipinski definition) is 1. The van der Waals surface area contributed by atoms with E-state index in [0.29, 0.717) is 6.42 Å². The minimum Gasteiger partial charge on any atom is -0.487 e. The monoisotopic (exact) mass is 295 g/mol. The Morgan fingerprint density at radius 2 is 2.15 bits per heavy atom. The van der Waals surface area contributed by atoms with Gasteiger partial charge in [-0.25, -0.2) is 8.42 Å². The highest BCUT2D eigenvalue weighted by atomic mass is 32.2. The number of benzene rings is 1. The Morgan fingerprint density at radius 3 is 2.80 bits per heavy atom. The summed E-state index contributed by atoms with van der Waals surface area (Å²) in [5.41, 5.74) is 8.30. The summed E-state index contributed by atoms with van der Waals surface area (Å²) in [6.07, 6.45) is 1.54. The maximum absolute atomic E-state index is 11.6. The van der Waals surface area contributed by atoms with Crippen molar-refractivity contribution in [3.63, 3.8) is 0 Å². The molecule has 5 heteroatoms. The molecule has 4 nitrogen and oxygen atoms in total. The van der Waals surface area contributed by atoms with Crippen molar-refractivity contribution in [3.8, 4) is 5.75 Å². The first-order valence-corrected chi connectivity index (χ1v) is 8.86. The summed E-state index contributed by atoms with van der Waals surface area (Å²) in [6.45, 7) is 4.13. The van der Waals surface area contributed by atoms with Gasteiger partial charge in [-0.15, -0.1) is 0 Å². The largest absolute Gasteiger partial charge is 0.487 e. The summed E-state index contributed by atoms with van der Waals surface area (Å²) in [5, 5.41) is 0. The summed E-state index contributed by atoms with van der Waals surface area (Å²) >= 11 is 0. The number of nitrogens with two attached hydrogens (primary N) is 1. The van der Waals surface area contributed by atoms with Crippen molar-refractivity contribution < 1.29 is 13.2 Å². The normalized spacial score (nSPS) is 27.9. The van der Waals surface area contributed by atoms with Crippen molar-refractivity contribution in [2.45, 2.75) is 38.3 Å². The Morgan fingerprint density at radius 1 is 1.40 bits per heavy atom. The molecule has 0 aliphatic carbocycles. The van der Waals surface area contributed by atoms with Crippen LogP contribution in [-0.2, 0) is 16.3 Å². The Balaban J connectivity index is 1.83. The first kappa shape index (κ1) is 13.9. The molecule has 2 aliphatic rings. The fourth-order valence-electron chi connectivity index (χ4n) is 3.22. The highest BCUT2D eigenvalue weighted by Gasteiger charge is 2.34. The van der Waals surface area contributed by atoms with Crippen LogP contribution in [-0.4, -0.2) is 25.5 Å². The molecule has 110 valence electrons. The SMILES string of the molecule is CC1(C)Cc2cc(C(N)C3CCS(=O)(=O)C3)ccc2O1. The molecule has 0 radical (unpaired) electrons. The van der Waals surface area contributed by atoms with Gasteiger partial charge in [0.15, 0.2) is 9.84 Å². The molecule has 1 saturated heterocycles. The minimum absolute atomic E-state index is 0.0355. The van der Waals surface area contributed by atoms with Gasteiger partial charge in [-0.1, -0.05) is 12.1 Å². The van der Waals surface area contributed by atoms with Crippen molar-refractivity contribution in [2.75, 3.05) is 11.5 Å². The standard InChI is InChI=1S/C15H21NO3S/c1-15(2)8-12-7-10(3-4-13(12)19-15)14(16)11-5-6-20(17,18)9-11/h3-4,7,11,14H,5-6,8-9,16H2,1-2H3. The van der Waals surface area contributed by atoms with Gasteiger partial charge < -0.3 is 10.5 Å². The third-order valence-corrected chi connectivity index (χ3v) is 6.04. The first-order valence-electron chi connectivity index (χ1n) is 7.04. The maximum atomic E-state index is 11.6. The van der Waals surface area contributed by atoms with E-state index in [1.54, 1.807) is 0 Å². The number of rotatable bonds is 2. The molecule has 1 aromatic carbocycles. The molecule has 0 saturated carbocycles. The minimum atomic E-state index is -2.88. The second kappa shape index (κ2) is 4.46. The lowest BCUT2D eigenvalue weighted by molar-refractivity contribution is 0.138. The zero-order chi connectivity index (χ0) is 14.5. The highest BCUT2D eigenvalue weighted by molar-refractivity contribution is 7.91. The third-order valence-electron chi connectivity index (χ3n) is 4.25. The van der Waals surface area contributed by atoms with Crippen LogP contribution < -0.4 is 10.5 Å². The van der Waals surface area contributed by atoms with Crippen molar-refractivity contribution >= 4 is 9.84 Å². The predicted molar refractivity (Wildman–Crippen MR) is 78.5 cm³/mol. The number of ether oxygens (including phenoxy) is 1. The van der Waals surface area contributed by atoms with E-state index in [4.69, 9.17) is 10.5 Å². The van der Waals surface area contributed by atoms with Crippen LogP contribution in [0.1, 0.15) is 37.4 Å². The van der Waals surface area contributed by atoms with Gasteiger partial charge >= 0.3 is 0 Å². The van der Waals surface area contributed by atoms with E-state index in [0.717, 1.165) is 17.7 Å². The van der Waals surface area contributed by atoms with Gasteiger partial charge in [-0.3, -0.25) is 0 Å². The molecule has 20 heavy (non-hydrogen) atoms. The molecule has 2 atom stereocenters. The average Bonchev–Trinajstić information content (AvgIpc) is 2.84. The molecular weight excluding hydrogens is 274 g/mol. The summed E-state index contributed by atoms with van der Waals surface area (Å²) in [7, 11) is -2.88. The van der Waals surface area contributed by atoms with E-state index in [2.05, 4.69) is 19.9 Å². The molecule has 1 aromatic rings. The predicted octanol–water partition coefficient (Wildman–Crippen LogP) is 1.83. The van der Waals surface area contributed by atoms with Crippen LogP contribution in [0.5, 0.6) is 5.75 Å². The Bertz CT molecular complexity index is 637. The lowest BCUT2D eigenvalue weighted by Crippen LogP contribution is -2.24. The molecule has 2 aliphatic heterocycles. The molecule has 3 rings (SSSR count). The van der Waals surface area contributed by atoms with Gasteiger partial charge in [0.25, 0.3) is 0 Å². The number of sulfone groups is 1. The van der Waals surface area contributed by atoms with Crippen LogP contribution in [0.25, 0.3) is 0 Å². The van der Waals surface area contributed by atoms with Crippen LogP contribution in [0.3, 0.4) is 0 Å². The lowest BCUT2D eigenvalue weighted by Gasteiger charge is -2.18. The van der Waals surface area contributed by atoms with Gasteiger partial charge in [0.1, 0.15) is 11.4 Å². The molecule has 0 bridgehead atoms. The van der Waals surface area contributed by atoms with Crippen LogP contribution in [0, 0.1) is 5.92 Å². The molecular formula is C15H21NO3S. The van der Waals surface area contributed by atoms with E-state index in [-0.39, 0.29) is 29.1 Å². The molecule has 2 heterocycles. The summed E-state index contributed by atoms with van der Waals surface area (Å²) < 4.78 is 29.0. The van der Waals surface area contributed by atoms with Crippen molar-refractivity contribution in [2.24, 2.45) is 11.7 Å². The van der Waals surface area contributed by atoms with E-state index < -0.39 is 9.84 Å². The highest BCUT2D eigenvalue weighted by Crippen LogP contribution is 2.38. The Kier molecular flexibility index (Phi) is 3.10. The fourth-order valence-corrected chi connectivity index (χ4v) is 5.07. The van der Waals surface area contributed by atoms with E-state index in [9.17, 15) is 8.42 Å². The number of hydrogen-bond acceptors (Lipinski definition) is 4. The quantitative estimate of drug-likeness (QED) is 0.904. The van der Waals surface area contributed by atoms with Gasteiger partial charge in [0, 0.05) is 12.5 Å². The molecule has 0 aromatic heterocycles. The summed E-state index contributed by atoms with van der Waals surface area (Å²) in [4.78, 5) is 0. The summed E-state index contributed by atoms with van der Waals surface area (Å²) in [6, 6.07) is 5.81. The Labute approximate surface area is 120 Å². The van der Waals surface area contributed by atoms with E-state index in [1.165, 1.54) is 5.56 Å². The second-order valence-corrected chi connectivity index (χ2v) is 8.82. The maximum Gasteiger partial charge on any atom is 0.150 e. The van der Waals surface area contributed by atoms with Crippen molar-refractivity contribution in [1.82, 2.24) is 0 Å². The van der Waals surface area contributed by atoms with Gasteiger partial charge in [0.2, 0.25) is 0 Å². The van der Waals surface area contributed by atoms with Crippen molar-refractivity contribution in [1.29, 1.82) is 0 Å². The van der Waals surface area contributed by atoms with Gasteiger partial charge in [-0.05, 0) is 43.4 Å². The zero-order valence-corrected chi connectivity index (χ0v) is 12.7. The smallest absolute Gasteiger partial charge is 0.150 e.